The lowest BCUT2D eigenvalue weighted by Gasteiger charge is -2.22. The molecule has 0 aliphatic heterocycles. The molecular weight excluding hydrogens is 257 g/mol. The largest absolute Gasteiger partial charge is 0.465 e. The van der Waals surface area contributed by atoms with Gasteiger partial charge in [0.25, 0.3) is 0 Å². The first-order valence-electron chi connectivity index (χ1n) is 7.16. The highest BCUT2D eigenvalue weighted by molar-refractivity contribution is 5.95. The van der Waals surface area contributed by atoms with Gasteiger partial charge in [-0.15, -0.1) is 0 Å². The number of methoxy groups -OCH3 is 1. The molecule has 0 radical (unpaired) electrons. The standard InChI is InChI=1S/C16H24FNO2/c1-5-11(3)9-13(6-2)18-15-8-7-12(17)10-14(15)16(19)20-4/h7-8,10-11,13,18H,5-6,9H2,1-4H3. The second-order valence-electron chi connectivity index (χ2n) is 5.18. The van der Waals surface area contributed by atoms with Gasteiger partial charge in [0.05, 0.1) is 12.7 Å². The van der Waals surface area contributed by atoms with Crippen molar-refractivity contribution in [2.75, 3.05) is 12.4 Å². The highest BCUT2D eigenvalue weighted by Crippen LogP contribution is 2.22. The van der Waals surface area contributed by atoms with Gasteiger partial charge in [0, 0.05) is 11.7 Å². The van der Waals surface area contributed by atoms with E-state index in [1.807, 2.05) is 0 Å². The van der Waals surface area contributed by atoms with Crippen LogP contribution in [-0.4, -0.2) is 19.1 Å². The molecule has 0 heterocycles. The molecule has 0 spiro atoms. The third-order valence-corrected chi connectivity index (χ3v) is 3.62. The van der Waals surface area contributed by atoms with Crippen LogP contribution in [0.1, 0.15) is 50.4 Å². The van der Waals surface area contributed by atoms with Crippen LogP contribution in [0.5, 0.6) is 0 Å². The first-order chi connectivity index (χ1) is 9.51. The van der Waals surface area contributed by atoms with Crippen LogP contribution in [0.15, 0.2) is 18.2 Å². The highest BCUT2D eigenvalue weighted by Gasteiger charge is 2.17. The lowest BCUT2D eigenvalue weighted by atomic mass is 9.97. The summed E-state index contributed by atoms with van der Waals surface area (Å²) in [7, 11) is 1.30. The monoisotopic (exact) mass is 281 g/mol. The molecule has 0 bridgehead atoms. The molecule has 0 amide bonds. The van der Waals surface area contributed by atoms with Gasteiger partial charge < -0.3 is 10.1 Å². The molecule has 2 atom stereocenters. The number of benzene rings is 1. The molecule has 0 fully saturated rings. The number of ether oxygens (including phenoxy) is 1. The SMILES string of the molecule is CCC(C)CC(CC)Nc1ccc(F)cc1C(=O)OC. The molecule has 3 nitrogen and oxygen atoms in total. The van der Waals surface area contributed by atoms with E-state index in [2.05, 4.69) is 26.1 Å². The van der Waals surface area contributed by atoms with E-state index in [1.54, 1.807) is 6.07 Å². The first-order valence-corrected chi connectivity index (χ1v) is 7.16. The van der Waals surface area contributed by atoms with E-state index in [4.69, 9.17) is 4.74 Å². The number of hydrogen-bond acceptors (Lipinski definition) is 3. The number of carbonyl (C=O) groups is 1. The predicted molar refractivity (Wildman–Crippen MR) is 79.5 cm³/mol. The van der Waals surface area contributed by atoms with E-state index in [1.165, 1.54) is 19.2 Å². The van der Waals surface area contributed by atoms with Gasteiger partial charge in [-0.1, -0.05) is 27.2 Å². The Bertz CT molecular complexity index is 448. The van der Waals surface area contributed by atoms with Gasteiger partial charge >= 0.3 is 5.97 Å². The average Bonchev–Trinajstić information content (AvgIpc) is 2.46. The summed E-state index contributed by atoms with van der Waals surface area (Å²) in [6.45, 7) is 6.47. The van der Waals surface area contributed by atoms with Gasteiger partial charge in [0.15, 0.2) is 0 Å². The number of halogens is 1. The number of rotatable bonds is 7. The summed E-state index contributed by atoms with van der Waals surface area (Å²) < 4.78 is 18.0. The van der Waals surface area contributed by atoms with Crippen LogP contribution in [0.25, 0.3) is 0 Å². The van der Waals surface area contributed by atoms with Crippen LogP contribution in [0.4, 0.5) is 10.1 Å². The molecular formula is C16H24FNO2. The number of esters is 1. The van der Waals surface area contributed by atoms with E-state index in [-0.39, 0.29) is 11.6 Å². The smallest absolute Gasteiger partial charge is 0.340 e. The Labute approximate surface area is 120 Å². The number of carbonyl (C=O) groups excluding carboxylic acids is 1. The second kappa shape index (κ2) is 7.88. The molecule has 112 valence electrons. The molecule has 1 rings (SSSR count). The van der Waals surface area contributed by atoms with Crippen molar-refractivity contribution in [2.45, 2.75) is 46.1 Å². The molecule has 0 saturated carbocycles. The van der Waals surface area contributed by atoms with Crippen molar-refractivity contribution in [2.24, 2.45) is 5.92 Å². The van der Waals surface area contributed by atoms with Crippen molar-refractivity contribution in [3.05, 3.63) is 29.6 Å². The molecule has 1 N–H and O–H groups in total. The first kappa shape index (κ1) is 16.5. The van der Waals surface area contributed by atoms with Gasteiger partial charge in [-0.3, -0.25) is 0 Å². The third-order valence-electron chi connectivity index (χ3n) is 3.62. The quantitative estimate of drug-likeness (QED) is 0.760. The normalized spacial score (nSPS) is 13.7. The van der Waals surface area contributed by atoms with Crippen molar-refractivity contribution in [3.8, 4) is 0 Å². The summed E-state index contributed by atoms with van der Waals surface area (Å²) in [5.41, 5.74) is 0.878. The molecule has 0 aliphatic carbocycles. The van der Waals surface area contributed by atoms with Crippen molar-refractivity contribution >= 4 is 11.7 Å². The van der Waals surface area contributed by atoms with Crippen molar-refractivity contribution in [1.29, 1.82) is 0 Å². The Kier molecular flexibility index (Phi) is 6.49. The summed E-state index contributed by atoms with van der Waals surface area (Å²) in [5, 5.41) is 3.34. The third kappa shape index (κ3) is 4.51. The van der Waals surface area contributed by atoms with Crippen LogP contribution in [0.2, 0.25) is 0 Å². The lowest BCUT2D eigenvalue weighted by Crippen LogP contribution is -2.23. The summed E-state index contributed by atoms with van der Waals surface area (Å²) in [4.78, 5) is 11.7. The Morgan fingerprint density at radius 3 is 2.60 bits per heavy atom. The lowest BCUT2D eigenvalue weighted by molar-refractivity contribution is 0.0601. The molecule has 2 unspecified atom stereocenters. The van der Waals surface area contributed by atoms with E-state index in [0.717, 1.165) is 19.3 Å². The minimum absolute atomic E-state index is 0.245. The fraction of sp³-hybridized carbons (Fsp3) is 0.562. The van der Waals surface area contributed by atoms with E-state index >= 15 is 0 Å². The maximum absolute atomic E-state index is 13.3. The maximum Gasteiger partial charge on any atom is 0.340 e. The zero-order valence-electron chi connectivity index (χ0n) is 12.7. The Balaban J connectivity index is 2.92. The zero-order valence-corrected chi connectivity index (χ0v) is 12.7. The number of nitrogens with one attached hydrogen (secondary N) is 1. The van der Waals surface area contributed by atoms with Gasteiger partial charge in [0.1, 0.15) is 5.82 Å². The number of hydrogen-bond donors (Lipinski definition) is 1. The van der Waals surface area contributed by atoms with Crippen molar-refractivity contribution in [1.82, 2.24) is 0 Å². The highest BCUT2D eigenvalue weighted by atomic mass is 19.1. The molecule has 1 aromatic carbocycles. The Morgan fingerprint density at radius 2 is 2.05 bits per heavy atom. The van der Waals surface area contributed by atoms with Crippen LogP contribution >= 0.6 is 0 Å². The van der Waals surface area contributed by atoms with E-state index in [9.17, 15) is 9.18 Å². The summed E-state index contributed by atoms with van der Waals surface area (Å²) >= 11 is 0. The van der Waals surface area contributed by atoms with E-state index in [0.29, 0.717) is 11.6 Å². The van der Waals surface area contributed by atoms with Gasteiger partial charge in [-0.05, 0) is 37.0 Å². The molecule has 20 heavy (non-hydrogen) atoms. The topological polar surface area (TPSA) is 38.3 Å². The average molecular weight is 281 g/mol. The Hall–Kier alpha value is -1.58. The minimum atomic E-state index is -0.523. The fourth-order valence-electron chi connectivity index (χ4n) is 2.12. The fourth-order valence-corrected chi connectivity index (χ4v) is 2.12. The Morgan fingerprint density at radius 1 is 1.35 bits per heavy atom. The molecule has 0 aliphatic rings. The van der Waals surface area contributed by atoms with Crippen molar-refractivity contribution < 1.29 is 13.9 Å². The molecule has 0 saturated heterocycles. The molecule has 4 heteroatoms. The summed E-state index contributed by atoms with van der Waals surface area (Å²) in [6.07, 6.45) is 3.08. The zero-order chi connectivity index (χ0) is 15.1. The maximum atomic E-state index is 13.3. The second-order valence-corrected chi connectivity index (χ2v) is 5.18. The van der Waals surface area contributed by atoms with Gasteiger partial charge in [0.2, 0.25) is 0 Å². The van der Waals surface area contributed by atoms with Crippen LogP contribution in [-0.2, 0) is 4.74 Å². The number of anilines is 1. The summed E-state index contributed by atoms with van der Waals surface area (Å²) in [5.74, 6) is -0.356. The van der Waals surface area contributed by atoms with E-state index < -0.39 is 11.8 Å². The van der Waals surface area contributed by atoms with Gasteiger partial charge in [-0.2, -0.15) is 0 Å². The molecule has 0 aromatic heterocycles. The summed E-state index contributed by atoms with van der Waals surface area (Å²) in [6, 6.07) is 4.43. The van der Waals surface area contributed by atoms with Crippen LogP contribution in [0, 0.1) is 11.7 Å². The van der Waals surface area contributed by atoms with Crippen LogP contribution < -0.4 is 5.32 Å². The van der Waals surface area contributed by atoms with Crippen LogP contribution in [0.3, 0.4) is 0 Å². The van der Waals surface area contributed by atoms with Gasteiger partial charge in [-0.25, -0.2) is 9.18 Å². The predicted octanol–water partition coefficient (Wildman–Crippen LogP) is 4.24. The minimum Gasteiger partial charge on any atom is -0.465 e. The molecule has 1 aromatic rings. The van der Waals surface area contributed by atoms with Crippen molar-refractivity contribution in [3.63, 3.8) is 0 Å².